The summed E-state index contributed by atoms with van der Waals surface area (Å²) in [6.45, 7) is 1.08. The highest BCUT2D eigenvalue weighted by Crippen LogP contribution is 2.28. The summed E-state index contributed by atoms with van der Waals surface area (Å²) >= 11 is 1.53. The van der Waals surface area contributed by atoms with E-state index < -0.39 is 0 Å². The van der Waals surface area contributed by atoms with Crippen LogP contribution < -0.4 is 5.32 Å². The molecule has 3 rings (SSSR count). The summed E-state index contributed by atoms with van der Waals surface area (Å²) in [5.74, 6) is 0. The first-order chi connectivity index (χ1) is 9.33. The Balaban J connectivity index is 1.58. The Bertz CT molecular complexity index is 520. The summed E-state index contributed by atoms with van der Waals surface area (Å²) in [6, 6.07) is 2.23. The number of nitrogens with one attached hydrogen (secondary N) is 1. The molecular weight excluding hydrogens is 262 g/mol. The van der Waals surface area contributed by atoms with Crippen molar-refractivity contribution < 1.29 is 9.21 Å². The van der Waals surface area contributed by atoms with Gasteiger partial charge in [-0.15, -0.1) is 11.3 Å². The van der Waals surface area contributed by atoms with E-state index in [4.69, 9.17) is 4.42 Å². The Morgan fingerprint density at radius 2 is 2.47 bits per heavy atom. The highest BCUT2D eigenvalue weighted by molar-refractivity contribution is 7.07. The average molecular weight is 277 g/mol. The second-order valence-electron chi connectivity index (χ2n) is 4.63. The number of carbonyl (C=O) groups excluding carboxylic acids is 1. The zero-order chi connectivity index (χ0) is 13.1. The Hall–Kier alpha value is -1.82. The summed E-state index contributed by atoms with van der Waals surface area (Å²) < 4.78 is 5.05. The molecule has 0 bridgehead atoms. The van der Waals surface area contributed by atoms with Crippen molar-refractivity contribution in [2.45, 2.75) is 32.0 Å². The third-order valence-corrected chi connectivity index (χ3v) is 3.72. The molecule has 5 nitrogen and oxygen atoms in total. The number of hydrogen-bond donors (Lipinski definition) is 1. The van der Waals surface area contributed by atoms with Crippen molar-refractivity contribution in [1.29, 1.82) is 0 Å². The molecule has 0 atom stereocenters. The number of carbonyl (C=O) groups is 1. The maximum absolute atomic E-state index is 12.2. The number of nitrogens with zero attached hydrogens (tertiary/aromatic N) is 2. The summed E-state index contributed by atoms with van der Waals surface area (Å²) in [5, 5.41) is 4.86. The number of rotatable bonds is 5. The predicted molar refractivity (Wildman–Crippen MR) is 71.6 cm³/mol. The van der Waals surface area contributed by atoms with Crippen LogP contribution in [0.2, 0.25) is 0 Å². The molecule has 1 aliphatic rings. The van der Waals surface area contributed by atoms with Crippen molar-refractivity contribution in [2.75, 3.05) is 0 Å². The number of aromatic nitrogens is 1. The van der Waals surface area contributed by atoms with Crippen LogP contribution in [0.3, 0.4) is 0 Å². The monoisotopic (exact) mass is 277 g/mol. The van der Waals surface area contributed by atoms with Crippen LogP contribution in [0.15, 0.2) is 33.9 Å². The molecule has 0 unspecified atom stereocenters. The van der Waals surface area contributed by atoms with E-state index in [9.17, 15) is 4.79 Å². The third kappa shape index (κ3) is 3.14. The van der Waals surface area contributed by atoms with E-state index >= 15 is 0 Å². The lowest BCUT2D eigenvalue weighted by molar-refractivity contribution is 0.191. The lowest BCUT2D eigenvalue weighted by Gasteiger charge is -2.22. The molecule has 2 amide bonds. The minimum atomic E-state index is -0.0308. The predicted octanol–water partition coefficient (Wildman–Crippen LogP) is 2.61. The van der Waals surface area contributed by atoms with Gasteiger partial charge in [-0.3, -0.25) is 0 Å². The topological polar surface area (TPSA) is 58.4 Å². The minimum absolute atomic E-state index is 0.0308. The maximum atomic E-state index is 12.2. The molecule has 1 saturated carbocycles. The van der Waals surface area contributed by atoms with E-state index in [1.807, 2.05) is 16.3 Å². The van der Waals surface area contributed by atoms with Crippen LogP contribution in [0.25, 0.3) is 0 Å². The molecule has 0 radical (unpaired) electrons. The van der Waals surface area contributed by atoms with Gasteiger partial charge in [0.15, 0.2) is 0 Å². The maximum Gasteiger partial charge on any atom is 0.318 e. The lowest BCUT2D eigenvalue weighted by atomic mass is 10.3. The first kappa shape index (κ1) is 12.2. The number of furan rings is 1. The zero-order valence-corrected chi connectivity index (χ0v) is 11.2. The largest absolute Gasteiger partial charge is 0.472 e. The number of urea groups is 1. The van der Waals surface area contributed by atoms with E-state index in [2.05, 4.69) is 10.3 Å². The van der Waals surface area contributed by atoms with Gasteiger partial charge in [-0.1, -0.05) is 0 Å². The van der Waals surface area contributed by atoms with E-state index in [0.29, 0.717) is 19.1 Å². The van der Waals surface area contributed by atoms with Crippen LogP contribution in [0.1, 0.15) is 24.1 Å². The van der Waals surface area contributed by atoms with Crippen LogP contribution in [0, 0.1) is 0 Å². The number of hydrogen-bond acceptors (Lipinski definition) is 4. The molecule has 1 N–H and O–H groups in total. The van der Waals surface area contributed by atoms with Crippen LogP contribution in [0.4, 0.5) is 4.79 Å². The van der Waals surface area contributed by atoms with Gasteiger partial charge >= 0.3 is 6.03 Å². The Morgan fingerprint density at radius 1 is 1.58 bits per heavy atom. The number of thiazole rings is 1. The fourth-order valence-corrected chi connectivity index (χ4v) is 2.48. The lowest BCUT2D eigenvalue weighted by Crippen LogP contribution is -2.40. The summed E-state index contributed by atoms with van der Waals surface area (Å²) in [6.07, 6.45) is 5.49. The summed E-state index contributed by atoms with van der Waals surface area (Å²) in [4.78, 5) is 18.2. The SMILES string of the molecule is O=C(NCc1cscn1)N(Cc1ccoc1)C1CC1. The van der Waals surface area contributed by atoms with Crippen LogP contribution >= 0.6 is 11.3 Å². The molecule has 6 heteroatoms. The van der Waals surface area contributed by atoms with Crippen molar-refractivity contribution >= 4 is 17.4 Å². The molecule has 19 heavy (non-hydrogen) atoms. The average Bonchev–Trinajstić information content (AvgIpc) is 2.94. The first-order valence-electron chi connectivity index (χ1n) is 6.25. The van der Waals surface area contributed by atoms with E-state index in [1.54, 1.807) is 18.0 Å². The van der Waals surface area contributed by atoms with Gasteiger partial charge in [0.25, 0.3) is 0 Å². The Morgan fingerprint density at radius 3 is 3.11 bits per heavy atom. The normalized spacial score (nSPS) is 14.3. The van der Waals surface area contributed by atoms with Gasteiger partial charge in [-0.2, -0.15) is 0 Å². The fraction of sp³-hybridized carbons (Fsp3) is 0.385. The fourth-order valence-electron chi connectivity index (χ4n) is 1.92. The van der Waals surface area contributed by atoms with Crippen molar-refractivity contribution in [3.63, 3.8) is 0 Å². The van der Waals surface area contributed by atoms with Crippen LogP contribution in [-0.4, -0.2) is 22.0 Å². The molecule has 0 aliphatic heterocycles. The summed E-state index contributed by atoms with van der Waals surface area (Å²) in [7, 11) is 0. The molecule has 0 aromatic carbocycles. The molecule has 2 aromatic rings. The quantitative estimate of drug-likeness (QED) is 0.914. The van der Waals surface area contributed by atoms with Gasteiger partial charge in [-0.05, 0) is 18.9 Å². The van der Waals surface area contributed by atoms with E-state index in [1.165, 1.54) is 11.3 Å². The van der Waals surface area contributed by atoms with Crippen LogP contribution in [-0.2, 0) is 13.1 Å². The van der Waals surface area contributed by atoms with Gasteiger partial charge in [0.1, 0.15) is 0 Å². The molecule has 2 heterocycles. The molecule has 0 spiro atoms. The van der Waals surface area contributed by atoms with Gasteiger partial charge < -0.3 is 14.6 Å². The van der Waals surface area contributed by atoms with Gasteiger partial charge in [-0.25, -0.2) is 9.78 Å². The molecule has 0 saturated heterocycles. The molecule has 1 fully saturated rings. The van der Waals surface area contributed by atoms with Crippen LogP contribution in [0.5, 0.6) is 0 Å². The van der Waals surface area contributed by atoms with Crippen molar-refractivity contribution in [3.8, 4) is 0 Å². The van der Waals surface area contributed by atoms with Gasteiger partial charge in [0, 0.05) is 17.0 Å². The second kappa shape index (κ2) is 5.44. The Kier molecular flexibility index (Phi) is 3.50. The highest BCUT2D eigenvalue weighted by Gasteiger charge is 2.32. The van der Waals surface area contributed by atoms with Crippen molar-refractivity contribution in [3.05, 3.63) is 40.7 Å². The van der Waals surface area contributed by atoms with E-state index in [-0.39, 0.29) is 6.03 Å². The number of amides is 2. The smallest absolute Gasteiger partial charge is 0.318 e. The van der Waals surface area contributed by atoms with Crippen molar-refractivity contribution in [1.82, 2.24) is 15.2 Å². The van der Waals surface area contributed by atoms with E-state index in [0.717, 1.165) is 24.1 Å². The molecule has 2 aromatic heterocycles. The molecular formula is C13H15N3O2S. The summed E-state index contributed by atoms with van der Waals surface area (Å²) in [5.41, 5.74) is 3.69. The van der Waals surface area contributed by atoms with Gasteiger partial charge in [0.2, 0.25) is 0 Å². The minimum Gasteiger partial charge on any atom is -0.472 e. The first-order valence-corrected chi connectivity index (χ1v) is 7.20. The second-order valence-corrected chi connectivity index (χ2v) is 5.35. The van der Waals surface area contributed by atoms with Gasteiger partial charge in [0.05, 0.1) is 36.8 Å². The highest BCUT2D eigenvalue weighted by atomic mass is 32.1. The zero-order valence-electron chi connectivity index (χ0n) is 10.4. The standard InChI is InChI=1S/C13H15N3O2S/c17-13(14-5-11-8-19-9-15-11)16(12-1-2-12)6-10-3-4-18-7-10/h3-4,7-9,12H,1-2,5-6H2,(H,14,17). The molecule has 100 valence electrons. The van der Waals surface area contributed by atoms with Crippen molar-refractivity contribution in [2.24, 2.45) is 0 Å². The Labute approximate surface area is 115 Å². The third-order valence-electron chi connectivity index (χ3n) is 3.09. The molecule has 1 aliphatic carbocycles.